The van der Waals surface area contributed by atoms with Crippen LogP contribution in [0, 0.1) is 0 Å². The van der Waals surface area contributed by atoms with Gasteiger partial charge in [-0.15, -0.1) is 0 Å². The van der Waals surface area contributed by atoms with Crippen molar-refractivity contribution in [2.24, 2.45) is 0 Å². The Bertz CT molecular complexity index is 628. The number of hydrogen-bond acceptors (Lipinski definition) is 5. The SMILES string of the molecule is CCOC(=O)c1cc2ccc(CN3CCOCC3)cc2o1. The summed E-state index contributed by atoms with van der Waals surface area (Å²) in [5.74, 6) is -0.154. The Kier molecular flexibility index (Phi) is 4.22. The monoisotopic (exact) mass is 289 g/mol. The van der Waals surface area contributed by atoms with Gasteiger partial charge in [0, 0.05) is 25.0 Å². The normalized spacial score (nSPS) is 16.2. The molecule has 5 heteroatoms. The highest BCUT2D eigenvalue weighted by Gasteiger charge is 2.15. The number of hydrogen-bond donors (Lipinski definition) is 0. The third-order valence-electron chi connectivity index (χ3n) is 3.57. The van der Waals surface area contributed by atoms with Crippen LogP contribution in [0.5, 0.6) is 0 Å². The zero-order valence-electron chi connectivity index (χ0n) is 12.1. The standard InChI is InChI=1S/C16H19NO4/c1-2-20-16(18)15-10-13-4-3-12(9-14(13)21-15)11-17-5-7-19-8-6-17/h3-4,9-10H,2,5-8,11H2,1H3. The van der Waals surface area contributed by atoms with Crippen molar-refractivity contribution >= 4 is 16.9 Å². The van der Waals surface area contributed by atoms with Gasteiger partial charge in [0.1, 0.15) is 5.58 Å². The summed E-state index contributed by atoms with van der Waals surface area (Å²) >= 11 is 0. The average Bonchev–Trinajstić information content (AvgIpc) is 2.92. The van der Waals surface area contributed by atoms with Crippen molar-refractivity contribution in [2.75, 3.05) is 32.9 Å². The molecule has 0 atom stereocenters. The van der Waals surface area contributed by atoms with Crippen LogP contribution in [0.3, 0.4) is 0 Å². The maximum Gasteiger partial charge on any atom is 0.374 e. The summed E-state index contributed by atoms with van der Waals surface area (Å²) < 4.78 is 15.9. The van der Waals surface area contributed by atoms with Crippen LogP contribution in [0.1, 0.15) is 23.0 Å². The topological polar surface area (TPSA) is 51.9 Å². The first kappa shape index (κ1) is 14.1. The summed E-state index contributed by atoms with van der Waals surface area (Å²) in [5, 5.41) is 0.920. The van der Waals surface area contributed by atoms with E-state index >= 15 is 0 Å². The van der Waals surface area contributed by atoms with Crippen molar-refractivity contribution < 1.29 is 18.7 Å². The summed E-state index contributed by atoms with van der Waals surface area (Å²) in [6, 6.07) is 7.78. The third kappa shape index (κ3) is 3.25. The molecule has 1 saturated heterocycles. The highest BCUT2D eigenvalue weighted by molar-refractivity contribution is 5.92. The summed E-state index contributed by atoms with van der Waals surface area (Å²) in [6.45, 7) is 6.47. The van der Waals surface area contributed by atoms with Gasteiger partial charge in [0.05, 0.1) is 19.8 Å². The number of fused-ring (bicyclic) bond motifs is 1. The summed E-state index contributed by atoms with van der Waals surface area (Å²) in [5.41, 5.74) is 1.90. The molecular weight excluding hydrogens is 270 g/mol. The average molecular weight is 289 g/mol. The van der Waals surface area contributed by atoms with Crippen LogP contribution < -0.4 is 0 Å². The number of furan rings is 1. The van der Waals surface area contributed by atoms with Crippen LogP contribution in [0.15, 0.2) is 28.7 Å². The molecule has 1 aromatic heterocycles. The van der Waals surface area contributed by atoms with E-state index < -0.39 is 5.97 Å². The second-order valence-corrected chi connectivity index (χ2v) is 5.09. The Morgan fingerprint density at radius 1 is 1.29 bits per heavy atom. The summed E-state index contributed by atoms with van der Waals surface area (Å²) in [4.78, 5) is 14.0. The van der Waals surface area contributed by atoms with Crippen LogP contribution in [-0.2, 0) is 16.0 Å². The first-order chi connectivity index (χ1) is 10.3. The largest absolute Gasteiger partial charge is 0.460 e. The molecule has 21 heavy (non-hydrogen) atoms. The number of benzene rings is 1. The van der Waals surface area contributed by atoms with Gasteiger partial charge in [0.2, 0.25) is 5.76 Å². The minimum atomic E-state index is -0.413. The van der Waals surface area contributed by atoms with Gasteiger partial charge in [-0.25, -0.2) is 4.79 Å². The Hall–Kier alpha value is -1.85. The minimum absolute atomic E-state index is 0.260. The molecule has 0 unspecified atom stereocenters. The number of ether oxygens (including phenoxy) is 2. The lowest BCUT2D eigenvalue weighted by Crippen LogP contribution is -2.35. The van der Waals surface area contributed by atoms with E-state index in [0.717, 1.165) is 43.8 Å². The lowest BCUT2D eigenvalue weighted by atomic mass is 10.1. The zero-order chi connectivity index (χ0) is 14.7. The van der Waals surface area contributed by atoms with Gasteiger partial charge in [-0.3, -0.25) is 4.90 Å². The van der Waals surface area contributed by atoms with E-state index in [-0.39, 0.29) is 5.76 Å². The molecule has 1 aliphatic heterocycles. The van der Waals surface area contributed by atoms with Crippen molar-refractivity contribution in [1.82, 2.24) is 4.90 Å². The van der Waals surface area contributed by atoms with Gasteiger partial charge in [-0.2, -0.15) is 0 Å². The highest BCUT2D eigenvalue weighted by Crippen LogP contribution is 2.22. The maximum atomic E-state index is 11.7. The molecule has 0 aliphatic carbocycles. The lowest BCUT2D eigenvalue weighted by molar-refractivity contribution is 0.0342. The molecule has 1 aliphatic rings. The van der Waals surface area contributed by atoms with Crippen LogP contribution in [0.25, 0.3) is 11.0 Å². The minimum Gasteiger partial charge on any atom is -0.460 e. The molecule has 0 amide bonds. The van der Waals surface area contributed by atoms with Crippen molar-refractivity contribution in [3.63, 3.8) is 0 Å². The fraction of sp³-hybridized carbons (Fsp3) is 0.438. The molecule has 0 spiro atoms. The Labute approximate surface area is 123 Å². The molecule has 3 rings (SSSR count). The number of rotatable bonds is 4. The molecule has 112 valence electrons. The van der Waals surface area contributed by atoms with E-state index in [4.69, 9.17) is 13.9 Å². The van der Waals surface area contributed by atoms with E-state index in [0.29, 0.717) is 6.61 Å². The number of esters is 1. The van der Waals surface area contributed by atoms with Gasteiger partial charge in [0.25, 0.3) is 0 Å². The smallest absolute Gasteiger partial charge is 0.374 e. The predicted molar refractivity (Wildman–Crippen MR) is 78.3 cm³/mol. The number of morpholine rings is 1. The second-order valence-electron chi connectivity index (χ2n) is 5.09. The molecule has 5 nitrogen and oxygen atoms in total. The first-order valence-electron chi connectivity index (χ1n) is 7.26. The van der Waals surface area contributed by atoms with E-state index in [2.05, 4.69) is 11.0 Å². The summed E-state index contributed by atoms with van der Waals surface area (Å²) in [7, 11) is 0. The molecule has 0 N–H and O–H groups in total. The lowest BCUT2D eigenvalue weighted by Gasteiger charge is -2.26. The molecule has 0 radical (unpaired) electrons. The van der Waals surface area contributed by atoms with Gasteiger partial charge >= 0.3 is 5.97 Å². The van der Waals surface area contributed by atoms with Gasteiger partial charge in [0.15, 0.2) is 0 Å². The number of carbonyl (C=O) groups is 1. The molecule has 2 heterocycles. The molecule has 2 aromatic rings. The van der Waals surface area contributed by atoms with Crippen LogP contribution in [0.4, 0.5) is 0 Å². The van der Waals surface area contributed by atoms with E-state index in [1.165, 1.54) is 5.56 Å². The molecule has 0 bridgehead atoms. The number of carbonyl (C=O) groups excluding carboxylic acids is 1. The van der Waals surface area contributed by atoms with Crippen LogP contribution in [-0.4, -0.2) is 43.8 Å². The van der Waals surface area contributed by atoms with Gasteiger partial charge in [-0.05, 0) is 24.6 Å². The predicted octanol–water partition coefficient (Wildman–Crippen LogP) is 2.44. The maximum absolute atomic E-state index is 11.7. The van der Waals surface area contributed by atoms with Crippen molar-refractivity contribution in [2.45, 2.75) is 13.5 Å². The Morgan fingerprint density at radius 2 is 2.10 bits per heavy atom. The fourth-order valence-electron chi connectivity index (χ4n) is 2.49. The zero-order valence-corrected chi connectivity index (χ0v) is 12.1. The highest BCUT2D eigenvalue weighted by atomic mass is 16.5. The number of nitrogens with zero attached hydrogens (tertiary/aromatic N) is 1. The van der Waals surface area contributed by atoms with Crippen LogP contribution in [0.2, 0.25) is 0 Å². The Morgan fingerprint density at radius 3 is 2.86 bits per heavy atom. The van der Waals surface area contributed by atoms with Gasteiger partial charge < -0.3 is 13.9 Å². The van der Waals surface area contributed by atoms with Crippen molar-refractivity contribution in [3.05, 3.63) is 35.6 Å². The van der Waals surface area contributed by atoms with E-state index in [9.17, 15) is 4.79 Å². The molecule has 1 fully saturated rings. The third-order valence-corrected chi connectivity index (χ3v) is 3.57. The quantitative estimate of drug-likeness (QED) is 0.809. The Balaban J connectivity index is 1.77. The second kappa shape index (κ2) is 6.28. The van der Waals surface area contributed by atoms with Crippen LogP contribution >= 0.6 is 0 Å². The molecule has 0 saturated carbocycles. The first-order valence-corrected chi connectivity index (χ1v) is 7.26. The van der Waals surface area contributed by atoms with Crippen molar-refractivity contribution in [3.8, 4) is 0 Å². The fourth-order valence-corrected chi connectivity index (χ4v) is 2.49. The van der Waals surface area contributed by atoms with E-state index in [1.54, 1.807) is 13.0 Å². The van der Waals surface area contributed by atoms with E-state index in [1.807, 2.05) is 12.1 Å². The molecular formula is C16H19NO4. The summed E-state index contributed by atoms with van der Waals surface area (Å²) in [6.07, 6.45) is 0. The molecule has 1 aromatic carbocycles. The van der Waals surface area contributed by atoms with Crippen molar-refractivity contribution in [1.29, 1.82) is 0 Å². The van der Waals surface area contributed by atoms with Gasteiger partial charge in [-0.1, -0.05) is 12.1 Å².